The van der Waals surface area contributed by atoms with Gasteiger partial charge in [-0.15, -0.1) is 0 Å². The molecule has 1 atom stereocenters. The third kappa shape index (κ3) is 4.94. The summed E-state index contributed by atoms with van der Waals surface area (Å²) in [5.74, 6) is 0.607. The summed E-state index contributed by atoms with van der Waals surface area (Å²) in [6.07, 6.45) is 5.77. The minimum atomic E-state index is -0.840. The Morgan fingerprint density at radius 1 is 1.50 bits per heavy atom. The first-order valence-electron chi connectivity index (χ1n) is 7.10. The molecule has 0 bridgehead atoms. The third-order valence-corrected chi connectivity index (χ3v) is 3.77. The van der Waals surface area contributed by atoms with Gasteiger partial charge in [-0.2, -0.15) is 0 Å². The first-order valence-corrected chi connectivity index (χ1v) is 7.10. The van der Waals surface area contributed by atoms with E-state index in [9.17, 15) is 4.79 Å². The Balaban J connectivity index is 2.16. The van der Waals surface area contributed by atoms with E-state index < -0.39 is 5.54 Å². The van der Waals surface area contributed by atoms with E-state index in [-0.39, 0.29) is 5.97 Å². The van der Waals surface area contributed by atoms with Crippen molar-refractivity contribution >= 4 is 5.97 Å². The molecule has 1 saturated carbocycles. The third-order valence-electron chi connectivity index (χ3n) is 3.77. The topological polar surface area (TPSA) is 55.6 Å². The Morgan fingerprint density at radius 3 is 2.67 bits per heavy atom. The lowest BCUT2D eigenvalue weighted by Gasteiger charge is -2.30. The van der Waals surface area contributed by atoms with Crippen molar-refractivity contribution in [2.24, 2.45) is 11.7 Å². The lowest BCUT2D eigenvalue weighted by atomic mass is 9.85. The van der Waals surface area contributed by atoms with E-state index >= 15 is 0 Å². The van der Waals surface area contributed by atoms with Crippen LogP contribution in [0.5, 0.6) is 0 Å². The number of esters is 1. The Bertz CT molecular complexity index is 263. The quantitative estimate of drug-likeness (QED) is 0.673. The van der Waals surface area contributed by atoms with E-state index in [1.54, 1.807) is 13.8 Å². The fraction of sp³-hybridized carbons (Fsp3) is 0.929. The van der Waals surface area contributed by atoms with Crippen molar-refractivity contribution in [2.75, 3.05) is 26.7 Å². The fourth-order valence-electron chi connectivity index (χ4n) is 2.32. The Labute approximate surface area is 111 Å². The highest BCUT2D eigenvalue weighted by molar-refractivity contribution is 5.79. The van der Waals surface area contributed by atoms with E-state index in [1.807, 2.05) is 0 Å². The highest BCUT2D eigenvalue weighted by Crippen LogP contribution is 2.26. The van der Waals surface area contributed by atoms with Crippen molar-refractivity contribution in [1.82, 2.24) is 4.90 Å². The zero-order valence-electron chi connectivity index (χ0n) is 12.1. The van der Waals surface area contributed by atoms with Crippen molar-refractivity contribution in [1.29, 1.82) is 0 Å². The molecule has 4 heteroatoms. The van der Waals surface area contributed by atoms with Gasteiger partial charge in [0, 0.05) is 6.54 Å². The van der Waals surface area contributed by atoms with Crippen LogP contribution in [0.15, 0.2) is 0 Å². The van der Waals surface area contributed by atoms with Crippen LogP contribution < -0.4 is 5.73 Å². The predicted octanol–water partition coefficient (Wildman–Crippen LogP) is 1.78. The lowest BCUT2D eigenvalue weighted by Crippen LogP contribution is -2.46. The molecule has 1 rings (SSSR count). The predicted molar refractivity (Wildman–Crippen MR) is 73.3 cm³/mol. The number of nitrogens with two attached hydrogens (primary N) is 1. The van der Waals surface area contributed by atoms with Gasteiger partial charge >= 0.3 is 5.97 Å². The van der Waals surface area contributed by atoms with Crippen molar-refractivity contribution < 1.29 is 9.53 Å². The van der Waals surface area contributed by atoms with Gasteiger partial charge in [0.05, 0.1) is 6.61 Å². The second-order valence-corrected chi connectivity index (χ2v) is 5.80. The molecule has 0 radical (unpaired) electrons. The van der Waals surface area contributed by atoms with Gasteiger partial charge in [-0.1, -0.05) is 6.42 Å². The first-order chi connectivity index (χ1) is 8.45. The standard InChI is InChI=1S/C14H28N2O2/c1-4-18-13(17)14(2,15)9-6-10-16(3)11-12-7-5-8-12/h12H,4-11,15H2,1-3H3. The van der Waals surface area contributed by atoms with Crippen LogP contribution in [-0.4, -0.2) is 43.2 Å². The van der Waals surface area contributed by atoms with Crippen LogP contribution in [0.4, 0.5) is 0 Å². The van der Waals surface area contributed by atoms with Crippen LogP contribution in [0.1, 0.15) is 46.0 Å². The Morgan fingerprint density at radius 2 is 2.17 bits per heavy atom. The van der Waals surface area contributed by atoms with Crippen LogP contribution in [-0.2, 0) is 9.53 Å². The van der Waals surface area contributed by atoms with Gasteiger partial charge in [-0.25, -0.2) is 0 Å². The number of rotatable bonds is 8. The molecule has 4 nitrogen and oxygen atoms in total. The molecule has 0 amide bonds. The maximum Gasteiger partial charge on any atom is 0.325 e. The molecule has 0 aromatic carbocycles. The summed E-state index contributed by atoms with van der Waals surface area (Å²) in [6, 6.07) is 0. The van der Waals surface area contributed by atoms with E-state index in [0.29, 0.717) is 13.0 Å². The summed E-state index contributed by atoms with van der Waals surface area (Å²) < 4.78 is 4.98. The number of carbonyl (C=O) groups is 1. The maximum absolute atomic E-state index is 11.6. The van der Waals surface area contributed by atoms with Crippen LogP contribution >= 0.6 is 0 Å². The van der Waals surface area contributed by atoms with Gasteiger partial charge in [0.25, 0.3) is 0 Å². The van der Waals surface area contributed by atoms with Crippen molar-refractivity contribution in [3.63, 3.8) is 0 Å². The van der Waals surface area contributed by atoms with Crippen LogP contribution in [0.3, 0.4) is 0 Å². The molecule has 0 aromatic heterocycles. The molecule has 0 heterocycles. The summed E-state index contributed by atoms with van der Waals surface area (Å²) in [5.41, 5.74) is 5.14. The van der Waals surface area contributed by atoms with Gasteiger partial charge < -0.3 is 15.4 Å². The summed E-state index contributed by atoms with van der Waals surface area (Å²) in [6.45, 7) is 6.15. The molecule has 0 saturated heterocycles. The maximum atomic E-state index is 11.6. The summed E-state index contributed by atoms with van der Waals surface area (Å²) in [7, 11) is 2.15. The molecule has 0 aromatic rings. The van der Waals surface area contributed by atoms with Gasteiger partial charge in [0.2, 0.25) is 0 Å². The second-order valence-electron chi connectivity index (χ2n) is 5.80. The molecular formula is C14H28N2O2. The van der Waals surface area contributed by atoms with Crippen molar-refractivity contribution in [3.05, 3.63) is 0 Å². The SMILES string of the molecule is CCOC(=O)C(C)(N)CCCN(C)CC1CCC1. The molecule has 18 heavy (non-hydrogen) atoms. The van der Waals surface area contributed by atoms with Crippen LogP contribution in [0.2, 0.25) is 0 Å². The number of nitrogens with zero attached hydrogens (tertiary/aromatic N) is 1. The van der Waals surface area contributed by atoms with Gasteiger partial charge in [-0.05, 0) is 59.0 Å². The van der Waals surface area contributed by atoms with E-state index in [0.717, 1.165) is 18.9 Å². The van der Waals surface area contributed by atoms with Crippen LogP contribution in [0.25, 0.3) is 0 Å². The highest BCUT2D eigenvalue weighted by Gasteiger charge is 2.29. The first kappa shape index (κ1) is 15.4. The molecular weight excluding hydrogens is 228 g/mol. The molecule has 2 N–H and O–H groups in total. The van der Waals surface area contributed by atoms with E-state index in [1.165, 1.54) is 25.8 Å². The summed E-state index contributed by atoms with van der Waals surface area (Å²) in [4.78, 5) is 14.0. The normalized spacial score (nSPS) is 19.4. The van der Waals surface area contributed by atoms with Crippen molar-refractivity contribution in [2.45, 2.75) is 51.5 Å². The number of ether oxygens (including phenoxy) is 1. The average molecular weight is 256 g/mol. The molecule has 0 spiro atoms. The van der Waals surface area contributed by atoms with E-state index in [2.05, 4.69) is 11.9 Å². The van der Waals surface area contributed by atoms with Gasteiger partial charge in [0.15, 0.2) is 0 Å². The molecule has 1 aliphatic rings. The molecule has 1 unspecified atom stereocenters. The van der Waals surface area contributed by atoms with Crippen LogP contribution in [0, 0.1) is 5.92 Å². The molecule has 1 fully saturated rings. The largest absolute Gasteiger partial charge is 0.465 e. The number of carbonyl (C=O) groups excluding carboxylic acids is 1. The molecule has 0 aliphatic heterocycles. The highest BCUT2D eigenvalue weighted by atomic mass is 16.5. The average Bonchev–Trinajstić information content (AvgIpc) is 2.23. The fourth-order valence-corrected chi connectivity index (χ4v) is 2.32. The minimum Gasteiger partial charge on any atom is -0.465 e. The smallest absolute Gasteiger partial charge is 0.325 e. The zero-order chi connectivity index (χ0) is 13.6. The Kier molecular flexibility index (Phi) is 6.09. The van der Waals surface area contributed by atoms with Gasteiger partial charge in [-0.3, -0.25) is 4.79 Å². The number of hydrogen-bond acceptors (Lipinski definition) is 4. The van der Waals surface area contributed by atoms with Crippen molar-refractivity contribution in [3.8, 4) is 0 Å². The summed E-state index contributed by atoms with van der Waals surface area (Å²) in [5, 5.41) is 0. The molecule has 1 aliphatic carbocycles. The zero-order valence-corrected chi connectivity index (χ0v) is 12.1. The summed E-state index contributed by atoms with van der Waals surface area (Å²) >= 11 is 0. The lowest BCUT2D eigenvalue weighted by molar-refractivity contribution is -0.149. The minimum absolute atomic E-state index is 0.286. The monoisotopic (exact) mass is 256 g/mol. The number of hydrogen-bond donors (Lipinski definition) is 1. The second kappa shape index (κ2) is 7.10. The van der Waals surface area contributed by atoms with Gasteiger partial charge in [0.1, 0.15) is 5.54 Å². The Hall–Kier alpha value is -0.610. The van der Waals surface area contributed by atoms with E-state index in [4.69, 9.17) is 10.5 Å². The molecule has 106 valence electrons.